The molecule has 4 aromatic rings. The van der Waals surface area contributed by atoms with Gasteiger partial charge in [0.1, 0.15) is 11.3 Å². The molecule has 1 aliphatic rings. The van der Waals surface area contributed by atoms with Crippen molar-refractivity contribution in [1.29, 1.82) is 0 Å². The molecular formula is C22H21N5O2S. The zero-order chi connectivity index (χ0) is 20.3. The van der Waals surface area contributed by atoms with Gasteiger partial charge in [0.25, 0.3) is 5.56 Å². The van der Waals surface area contributed by atoms with E-state index in [0.29, 0.717) is 11.9 Å². The van der Waals surface area contributed by atoms with Gasteiger partial charge in [-0.1, -0.05) is 17.8 Å². The third kappa shape index (κ3) is 4.01. The highest BCUT2D eigenvalue weighted by Crippen LogP contribution is 2.27. The smallest absolute Gasteiger partial charge is 0.274 e. The second-order valence-corrected chi connectivity index (χ2v) is 8.33. The molecule has 0 bridgehead atoms. The van der Waals surface area contributed by atoms with Gasteiger partial charge in [-0.25, -0.2) is 14.3 Å². The van der Waals surface area contributed by atoms with Gasteiger partial charge in [-0.05, 0) is 55.7 Å². The minimum absolute atomic E-state index is 0.0104. The van der Waals surface area contributed by atoms with Crippen LogP contribution in [0, 0.1) is 0 Å². The van der Waals surface area contributed by atoms with E-state index in [1.54, 1.807) is 24.2 Å². The van der Waals surface area contributed by atoms with Crippen LogP contribution >= 0.6 is 11.8 Å². The number of hydrogen-bond donors (Lipinski definition) is 0. The first-order valence-corrected chi connectivity index (χ1v) is 10.8. The summed E-state index contributed by atoms with van der Waals surface area (Å²) in [6, 6.07) is 13.5. The fourth-order valence-corrected chi connectivity index (χ4v) is 4.40. The lowest BCUT2D eigenvalue weighted by Gasteiger charge is -2.22. The van der Waals surface area contributed by atoms with Crippen LogP contribution in [-0.2, 0) is 11.3 Å². The van der Waals surface area contributed by atoms with Crippen LogP contribution < -0.4 is 5.56 Å². The van der Waals surface area contributed by atoms with Crippen molar-refractivity contribution in [3.8, 4) is 0 Å². The molecule has 8 heteroatoms. The fourth-order valence-electron chi connectivity index (χ4n) is 3.58. The van der Waals surface area contributed by atoms with Crippen molar-refractivity contribution in [2.75, 3.05) is 6.61 Å². The Hall–Kier alpha value is -2.97. The van der Waals surface area contributed by atoms with E-state index in [0.717, 1.165) is 46.9 Å². The summed E-state index contributed by atoms with van der Waals surface area (Å²) in [5.41, 5.74) is 0.672. The third-order valence-corrected chi connectivity index (χ3v) is 6.05. The van der Waals surface area contributed by atoms with Gasteiger partial charge in [0.15, 0.2) is 0 Å². The molecule has 0 spiro atoms. The van der Waals surface area contributed by atoms with Crippen LogP contribution in [0.3, 0.4) is 0 Å². The minimum Gasteiger partial charge on any atom is -0.357 e. The summed E-state index contributed by atoms with van der Waals surface area (Å²) in [7, 11) is 0. The zero-order valence-corrected chi connectivity index (χ0v) is 17.2. The molecule has 0 N–H and O–H groups in total. The van der Waals surface area contributed by atoms with E-state index in [1.165, 1.54) is 4.68 Å². The predicted octanol–water partition coefficient (Wildman–Crippen LogP) is 3.89. The normalized spacial score (nSPS) is 16.7. The Morgan fingerprint density at radius 1 is 1.17 bits per heavy atom. The highest BCUT2D eigenvalue weighted by atomic mass is 32.2. The molecule has 1 unspecified atom stereocenters. The number of hydrogen-bond acceptors (Lipinski definition) is 6. The highest BCUT2D eigenvalue weighted by molar-refractivity contribution is 7.99. The summed E-state index contributed by atoms with van der Waals surface area (Å²) in [6.45, 7) is 1.10. The van der Waals surface area contributed by atoms with Gasteiger partial charge < -0.3 is 4.74 Å². The van der Waals surface area contributed by atoms with Crippen molar-refractivity contribution in [3.63, 3.8) is 0 Å². The number of aromatic nitrogens is 5. The number of benzene rings is 1. The second-order valence-electron chi connectivity index (χ2n) is 7.23. The van der Waals surface area contributed by atoms with Crippen molar-refractivity contribution in [2.24, 2.45) is 0 Å². The fraction of sp³-hybridized carbons (Fsp3) is 0.273. The Kier molecular flexibility index (Phi) is 5.33. The second kappa shape index (κ2) is 8.41. The molecule has 0 saturated carbocycles. The summed E-state index contributed by atoms with van der Waals surface area (Å²) >= 11 is 1.56. The molecule has 1 saturated heterocycles. The highest BCUT2D eigenvalue weighted by Gasteiger charge is 2.17. The quantitative estimate of drug-likeness (QED) is 0.489. The van der Waals surface area contributed by atoms with Crippen LogP contribution in [0.4, 0.5) is 0 Å². The maximum atomic E-state index is 12.9. The molecule has 30 heavy (non-hydrogen) atoms. The molecule has 0 radical (unpaired) electrons. The minimum atomic E-state index is -0.120. The van der Waals surface area contributed by atoms with Crippen LogP contribution in [0.15, 0.2) is 75.8 Å². The molecule has 4 heterocycles. The lowest BCUT2D eigenvalue weighted by atomic mass is 10.2. The first-order chi connectivity index (χ1) is 14.8. The summed E-state index contributed by atoms with van der Waals surface area (Å²) < 4.78 is 9.08. The molecule has 3 aromatic heterocycles. The molecular weight excluding hydrogens is 398 g/mol. The van der Waals surface area contributed by atoms with Gasteiger partial charge in [0.2, 0.25) is 0 Å². The van der Waals surface area contributed by atoms with Crippen molar-refractivity contribution in [1.82, 2.24) is 24.5 Å². The van der Waals surface area contributed by atoms with Crippen molar-refractivity contribution in [3.05, 3.63) is 77.1 Å². The molecule has 152 valence electrons. The SMILES string of the molecule is O=c1c2ccc(Sc3ccccn3)cc2cnn1Cc1ccn(C2CCCCO2)n1. The van der Waals surface area contributed by atoms with Crippen molar-refractivity contribution in [2.45, 2.75) is 42.0 Å². The van der Waals surface area contributed by atoms with Crippen molar-refractivity contribution >= 4 is 22.5 Å². The topological polar surface area (TPSA) is 74.8 Å². The van der Waals surface area contributed by atoms with E-state index in [2.05, 4.69) is 15.2 Å². The van der Waals surface area contributed by atoms with Crippen LogP contribution in [-0.4, -0.2) is 31.2 Å². The maximum Gasteiger partial charge on any atom is 0.274 e. The maximum absolute atomic E-state index is 12.9. The van der Waals surface area contributed by atoms with Gasteiger partial charge in [-0.15, -0.1) is 0 Å². The summed E-state index contributed by atoms with van der Waals surface area (Å²) in [6.07, 6.45) is 8.62. The molecule has 5 rings (SSSR count). The van der Waals surface area contributed by atoms with Gasteiger partial charge >= 0.3 is 0 Å². The summed E-state index contributed by atoms with van der Waals surface area (Å²) in [4.78, 5) is 18.3. The first-order valence-electron chi connectivity index (χ1n) is 10.0. The molecule has 1 aromatic carbocycles. The molecule has 1 fully saturated rings. The summed E-state index contributed by atoms with van der Waals surface area (Å²) in [5.74, 6) is 0. The molecule has 0 amide bonds. The lowest BCUT2D eigenvalue weighted by molar-refractivity contribution is -0.0397. The molecule has 7 nitrogen and oxygen atoms in total. The Morgan fingerprint density at radius 3 is 2.97 bits per heavy atom. The summed E-state index contributed by atoms with van der Waals surface area (Å²) in [5, 5.41) is 11.3. The third-order valence-electron chi connectivity index (χ3n) is 5.11. The Balaban J connectivity index is 1.36. The molecule has 0 aliphatic carbocycles. The standard InChI is InChI=1S/C22H21N5O2S/c28-22-19-8-7-18(30-20-5-1-3-10-23-20)13-16(19)14-24-27(22)15-17-9-11-26(25-17)21-6-2-4-12-29-21/h1,3,5,7-11,13-14,21H,2,4,6,12,15H2. The van der Waals surface area contributed by atoms with Gasteiger partial charge in [-0.3, -0.25) is 4.79 Å². The van der Waals surface area contributed by atoms with Gasteiger partial charge in [0.05, 0.1) is 23.8 Å². The van der Waals surface area contributed by atoms with E-state index in [1.807, 2.05) is 53.3 Å². The van der Waals surface area contributed by atoms with Crippen LogP contribution in [0.1, 0.15) is 31.2 Å². The van der Waals surface area contributed by atoms with Crippen LogP contribution in [0.25, 0.3) is 10.8 Å². The average molecular weight is 420 g/mol. The largest absolute Gasteiger partial charge is 0.357 e. The Morgan fingerprint density at radius 2 is 2.13 bits per heavy atom. The number of nitrogens with zero attached hydrogens (tertiary/aromatic N) is 5. The van der Waals surface area contributed by atoms with E-state index in [9.17, 15) is 4.79 Å². The number of fused-ring (bicyclic) bond motifs is 1. The average Bonchev–Trinajstić information content (AvgIpc) is 3.26. The van der Waals surface area contributed by atoms with E-state index in [4.69, 9.17) is 4.74 Å². The Labute approximate surface area is 177 Å². The zero-order valence-electron chi connectivity index (χ0n) is 16.3. The van der Waals surface area contributed by atoms with Crippen molar-refractivity contribution < 1.29 is 4.74 Å². The van der Waals surface area contributed by atoms with Crippen LogP contribution in [0.5, 0.6) is 0 Å². The lowest BCUT2D eigenvalue weighted by Crippen LogP contribution is -2.24. The van der Waals surface area contributed by atoms with E-state index in [-0.39, 0.29) is 11.8 Å². The van der Waals surface area contributed by atoms with E-state index >= 15 is 0 Å². The number of pyridine rings is 1. The first kappa shape index (κ1) is 19.0. The Bertz CT molecular complexity index is 1220. The monoisotopic (exact) mass is 419 g/mol. The number of rotatable bonds is 5. The van der Waals surface area contributed by atoms with Crippen LogP contribution in [0.2, 0.25) is 0 Å². The predicted molar refractivity (Wildman–Crippen MR) is 115 cm³/mol. The molecule has 1 aliphatic heterocycles. The molecule has 1 atom stereocenters. The number of ether oxygens (including phenoxy) is 1. The van der Waals surface area contributed by atoms with Gasteiger partial charge in [0, 0.05) is 29.3 Å². The van der Waals surface area contributed by atoms with Gasteiger partial charge in [-0.2, -0.15) is 10.2 Å². The van der Waals surface area contributed by atoms with E-state index < -0.39 is 0 Å².